The number of thiazole rings is 1. The molecule has 1 unspecified atom stereocenters. The summed E-state index contributed by atoms with van der Waals surface area (Å²) in [6, 6.07) is 16.3. The first-order valence-corrected chi connectivity index (χ1v) is 16.5. The Labute approximate surface area is 248 Å². The normalized spacial score (nSPS) is 18.5. The van der Waals surface area contributed by atoms with Crippen LogP contribution < -0.4 is 10.1 Å². The molecule has 12 heteroatoms. The van der Waals surface area contributed by atoms with Crippen LogP contribution >= 0.6 is 11.3 Å². The van der Waals surface area contributed by atoms with Gasteiger partial charge in [-0.05, 0) is 66.9 Å². The minimum Gasteiger partial charge on any atom is -0.493 e. The van der Waals surface area contributed by atoms with Crippen LogP contribution in [-0.4, -0.2) is 92.3 Å². The lowest BCUT2D eigenvalue weighted by molar-refractivity contribution is 0.0368. The number of hydrogen-bond acceptors (Lipinski definition) is 9. The molecule has 0 saturated carbocycles. The summed E-state index contributed by atoms with van der Waals surface area (Å²) in [7, 11) is -3.73. The van der Waals surface area contributed by atoms with Crippen molar-refractivity contribution in [2.75, 3.05) is 57.9 Å². The number of morpholine rings is 1. The smallest absolute Gasteiger partial charge is 0.261 e. The van der Waals surface area contributed by atoms with Gasteiger partial charge in [-0.25, -0.2) is 13.4 Å². The van der Waals surface area contributed by atoms with Crippen molar-refractivity contribution in [1.29, 1.82) is 0 Å². The lowest BCUT2D eigenvalue weighted by Crippen LogP contribution is -2.36. The quantitative estimate of drug-likeness (QED) is 0.259. The molecule has 2 N–H and O–H groups in total. The van der Waals surface area contributed by atoms with Crippen LogP contribution in [0.1, 0.15) is 29.6 Å². The molecule has 3 heterocycles. The van der Waals surface area contributed by atoms with Gasteiger partial charge in [0.05, 0.1) is 46.6 Å². The summed E-state index contributed by atoms with van der Waals surface area (Å²) in [6.45, 7) is 5.36. The predicted molar refractivity (Wildman–Crippen MR) is 163 cm³/mol. The van der Waals surface area contributed by atoms with Crippen molar-refractivity contribution in [1.82, 2.24) is 14.2 Å². The van der Waals surface area contributed by atoms with Gasteiger partial charge in [-0.2, -0.15) is 4.31 Å². The summed E-state index contributed by atoms with van der Waals surface area (Å²) >= 11 is 1.21. The molecule has 1 amide bonds. The molecule has 2 fully saturated rings. The molecule has 0 aliphatic carbocycles. The molecule has 2 aliphatic heterocycles. The summed E-state index contributed by atoms with van der Waals surface area (Å²) in [5.41, 5.74) is 1.00. The summed E-state index contributed by atoms with van der Waals surface area (Å²) in [5, 5.41) is 15.0. The molecule has 0 bridgehead atoms. The van der Waals surface area contributed by atoms with E-state index in [4.69, 9.17) is 9.47 Å². The Bertz CT molecular complexity index is 1690. The molecule has 1 aromatic heterocycles. The molecule has 4 aromatic rings. The number of ether oxygens (including phenoxy) is 2. The topological polar surface area (TPSA) is 121 Å². The van der Waals surface area contributed by atoms with Gasteiger partial charge >= 0.3 is 0 Å². The number of carbonyl (C=O) groups is 1. The molecular weight excluding hydrogens is 576 g/mol. The minimum absolute atomic E-state index is 0.0917. The zero-order valence-electron chi connectivity index (χ0n) is 23.2. The van der Waals surface area contributed by atoms with Gasteiger partial charge in [0.25, 0.3) is 5.91 Å². The monoisotopic (exact) mass is 610 g/mol. The number of anilines is 1. The number of aliphatic hydroxyl groups excluding tert-OH is 1. The van der Waals surface area contributed by atoms with Gasteiger partial charge in [-0.3, -0.25) is 15.0 Å². The number of carbonyl (C=O) groups excluding carboxylic acids is 1. The van der Waals surface area contributed by atoms with Crippen LogP contribution in [0.3, 0.4) is 0 Å². The molecule has 3 aromatic carbocycles. The number of aromatic nitrogens is 1. The maximum atomic E-state index is 13.5. The van der Waals surface area contributed by atoms with Crippen LogP contribution in [-0.2, 0) is 14.8 Å². The van der Waals surface area contributed by atoms with Crippen molar-refractivity contribution >= 4 is 53.4 Å². The summed E-state index contributed by atoms with van der Waals surface area (Å²) in [4.78, 5) is 20.6. The summed E-state index contributed by atoms with van der Waals surface area (Å²) in [6.07, 6.45) is 1.64. The molecule has 2 aliphatic rings. The van der Waals surface area contributed by atoms with E-state index in [0.717, 1.165) is 56.5 Å². The van der Waals surface area contributed by atoms with E-state index in [1.807, 2.05) is 36.4 Å². The first-order valence-electron chi connectivity index (χ1n) is 14.2. The highest BCUT2D eigenvalue weighted by Gasteiger charge is 2.32. The lowest BCUT2D eigenvalue weighted by Gasteiger charge is -2.26. The third-order valence-corrected chi connectivity index (χ3v) is 10.5. The second-order valence-corrected chi connectivity index (χ2v) is 13.6. The van der Waals surface area contributed by atoms with Crippen LogP contribution in [0.4, 0.5) is 5.13 Å². The number of benzene rings is 3. The number of amides is 1. The van der Waals surface area contributed by atoms with Gasteiger partial charge in [-0.15, -0.1) is 0 Å². The fourth-order valence-corrected chi connectivity index (χ4v) is 7.82. The largest absolute Gasteiger partial charge is 0.493 e. The molecular formula is C30H34N4O6S2. The number of unbranched alkanes of at least 4 members (excludes halogenated alkanes) is 1. The Morgan fingerprint density at radius 1 is 1.07 bits per heavy atom. The van der Waals surface area contributed by atoms with E-state index in [9.17, 15) is 18.3 Å². The van der Waals surface area contributed by atoms with Gasteiger partial charge < -0.3 is 14.6 Å². The Hall–Kier alpha value is -3.13. The van der Waals surface area contributed by atoms with Crippen molar-refractivity contribution in [2.45, 2.75) is 30.3 Å². The van der Waals surface area contributed by atoms with Crippen molar-refractivity contribution in [3.05, 3.63) is 60.2 Å². The van der Waals surface area contributed by atoms with Crippen molar-refractivity contribution < 1.29 is 27.8 Å². The zero-order valence-corrected chi connectivity index (χ0v) is 24.8. The number of nitrogens with one attached hydrogen (secondary N) is 1. The van der Waals surface area contributed by atoms with E-state index < -0.39 is 16.1 Å². The van der Waals surface area contributed by atoms with E-state index in [1.165, 1.54) is 21.7 Å². The third kappa shape index (κ3) is 6.43. The van der Waals surface area contributed by atoms with Crippen molar-refractivity contribution in [2.24, 2.45) is 0 Å². The molecule has 0 spiro atoms. The molecule has 222 valence electrons. The Kier molecular flexibility index (Phi) is 8.70. The molecule has 6 rings (SSSR count). The number of sulfonamides is 1. The van der Waals surface area contributed by atoms with Crippen LogP contribution in [0.2, 0.25) is 0 Å². The standard InChI is InChI=1S/C30H34N4O6S2/c35-23-9-11-34(20-23)42(37,38)24-7-8-26-28(19-24)41-30(31-26)32-29(36)25-17-21-5-1-2-6-22(21)18-27(25)40-14-4-3-10-33-12-15-39-16-13-33/h1-2,5-8,17-19,23,35H,3-4,9-16,20H2,(H,31,32,36). The molecule has 1 atom stereocenters. The number of rotatable bonds is 10. The minimum atomic E-state index is -3.73. The molecule has 10 nitrogen and oxygen atoms in total. The van der Waals surface area contributed by atoms with E-state index in [0.29, 0.717) is 39.7 Å². The first kappa shape index (κ1) is 29.0. The van der Waals surface area contributed by atoms with Gasteiger partial charge in [0, 0.05) is 26.2 Å². The number of β-amino-alcohol motifs (C(OH)–C–C–N with tert-alkyl or cyclic N) is 1. The molecule has 2 saturated heterocycles. The number of nitrogens with zero attached hydrogens (tertiary/aromatic N) is 3. The second-order valence-electron chi connectivity index (χ2n) is 10.6. The van der Waals surface area contributed by atoms with Gasteiger partial charge in [0.15, 0.2) is 5.13 Å². The zero-order chi connectivity index (χ0) is 29.1. The van der Waals surface area contributed by atoms with E-state index >= 15 is 0 Å². The van der Waals surface area contributed by atoms with E-state index in [2.05, 4.69) is 15.2 Å². The highest BCUT2D eigenvalue weighted by molar-refractivity contribution is 7.89. The number of hydrogen-bond donors (Lipinski definition) is 2. The third-order valence-electron chi connectivity index (χ3n) is 7.67. The van der Waals surface area contributed by atoms with E-state index in [-0.39, 0.29) is 23.9 Å². The van der Waals surface area contributed by atoms with Crippen LogP contribution in [0.5, 0.6) is 5.75 Å². The maximum Gasteiger partial charge on any atom is 0.261 e. The summed E-state index contributed by atoms with van der Waals surface area (Å²) in [5.74, 6) is 0.168. The molecule has 0 radical (unpaired) electrons. The Morgan fingerprint density at radius 2 is 1.86 bits per heavy atom. The first-order chi connectivity index (χ1) is 20.4. The molecule has 42 heavy (non-hydrogen) atoms. The SMILES string of the molecule is O=C(Nc1nc2ccc(S(=O)(=O)N3CCC(O)C3)cc2s1)c1cc2ccccc2cc1OCCCCN1CCOCC1. The lowest BCUT2D eigenvalue weighted by atomic mass is 10.1. The van der Waals surface area contributed by atoms with Crippen LogP contribution in [0, 0.1) is 0 Å². The fraction of sp³-hybridized carbons (Fsp3) is 0.400. The highest BCUT2D eigenvalue weighted by atomic mass is 32.2. The summed E-state index contributed by atoms with van der Waals surface area (Å²) < 4.78 is 39.6. The van der Waals surface area contributed by atoms with Gasteiger partial charge in [0.1, 0.15) is 5.75 Å². The van der Waals surface area contributed by atoms with E-state index in [1.54, 1.807) is 12.1 Å². The predicted octanol–water partition coefficient (Wildman–Crippen LogP) is 3.95. The van der Waals surface area contributed by atoms with Crippen LogP contribution in [0.25, 0.3) is 21.0 Å². The maximum absolute atomic E-state index is 13.5. The number of aliphatic hydroxyl groups is 1. The van der Waals surface area contributed by atoms with Crippen molar-refractivity contribution in [3.8, 4) is 5.75 Å². The van der Waals surface area contributed by atoms with Crippen molar-refractivity contribution in [3.63, 3.8) is 0 Å². The van der Waals surface area contributed by atoms with Gasteiger partial charge in [-0.1, -0.05) is 35.6 Å². The van der Waals surface area contributed by atoms with Gasteiger partial charge in [0.2, 0.25) is 10.0 Å². The highest BCUT2D eigenvalue weighted by Crippen LogP contribution is 2.32. The second kappa shape index (κ2) is 12.6. The van der Waals surface area contributed by atoms with Crippen LogP contribution in [0.15, 0.2) is 59.5 Å². The Morgan fingerprint density at radius 3 is 2.62 bits per heavy atom. The number of fused-ring (bicyclic) bond motifs is 2. The fourth-order valence-electron chi connectivity index (χ4n) is 5.32. The average Bonchev–Trinajstić information content (AvgIpc) is 3.62. The Balaban J connectivity index is 1.16. The average molecular weight is 611 g/mol.